The zero-order valence-corrected chi connectivity index (χ0v) is 13.8. The lowest BCUT2D eigenvalue weighted by atomic mass is 9.95. The summed E-state index contributed by atoms with van der Waals surface area (Å²) in [5, 5.41) is 3.81. The van der Waals surface area contributed by atoms with E-state index in [1.807, 2.05) is 31.2 Å². The highest BCUT2D eigenvalue weighted by Gasteiger charge is 2.31. The van der Waals surface area contributed by atoms with Gasteiger partial charge in [0.15, 0.2) is 0 Å². The minimum atomic E-state index is -0.584. The van der Waals surface area contributed by atoms with Crippen LogP contribution in [0.1, 0.15) is 26.2 Å². The van der Waals surface area contributed by atoms with Crippen LogP contribution in [0.3, 0.4) is 0 Å². The number of rotatable bonds is 8. The second-order valence-corrected chi connectivity index (χ2v) is 6.44. The Morgan fingerprint density at radius 2 is 2.00 bits per heavy atom. The summed E-state index contributed by atoms with van der Waals surface area (Å²) in [6.07, 6.45) is 2.81. The van der Waals surface area contributed by atoms with Crippen molar-refractivity contribution in [2.75, 3.05) is 19.9 Å². The number of carbonyl (C=O) groups excluding carboxylic acids is 1. The van der Waals surface area contributed by atoms with Gasteiger partial charge >= 0.3 is 5.97 Å². The van der Waals surface area contributed by atoms with Gasteiger partial charge in [-0.3, -0.25) is 4.79 Å². The van der Waals surface area contributed by atoms with Crippen molar-refractivity contribution in [2.24, 2.45) is 0 Å². The first-order chi connectivity index (χ1) is 9.51. The van der Waals surface area contributed by atoms with Gasteiger partial charge in [-0.2, -0.15) is 0 Å². The lowest BCUT2D eigenvalue weighted by Crippen LogP contribution is -2.48. The van der Waals surface area contributed by atoms with Crippen molar-refractivity contribution in [1.82, 2.24) is 5.32 Å². The normalized spacial score (nSPS) is 13.8. The van der Waals surface area contributed by atoms with E-state index in [1.54, 1.807) is 18.8 Å². The Bertz CT molecular complexity index is 424. The van der Waals surface area contributed by atoms with Crippen LogP contribution in [0.5, 0.6) is 0 Å². The molecule has 0 aliphatic carbocycles. The van der Waals surface area contributed by atoms with Crippen LogP contribution in [-0.4, -0.2) is 31.4 Å². The van der Waals surface area contributed by atoms with E-state index in [0.717, 1.165) is 30.0 Å². The second-order valence-electron chi connectivity index (χ2n) is 4.83. The quantitative estimate of drug-likeness (QED) is 0.450. The summed E-state index contributed by atoms with van der Waals surface area (Å²) in [7, 11) is 3.22. The maximum absolute atomic E-state index is 11.7. The summed E-state index contributed by atoms with van der Waals surface area (Å²) >= 11 is 7.65. The number of hydrogen-bond acceptors (Lipinski definition) is 4. The number of thioether (sulfide) groups is 1. The lowest BCUT2D eigenvalue weighted by molar-refractivity contribution is -0.148. The molecule has 0 aromatic heterocycles. The molecule has 0 radical (unpaired) electrons. The summed E-state index contributed by atoms with van der Waals surface area (Å²) in [5.41, 5.74) is -0.584. The van der Waals surface area contributed by atoms with Gasteiger partial charge in [0.25, 0.3) is 0 Å². The zero-order chi connectivity index (χ0) is 15.0. The number of likely N-dealkylation sites (N-methyl/N-ethyl adjacent to an activating group) is 1. The first-order valence-corrected chi connectivity index (χ1v) is 8.04. The predicted octanol–water partition coefficient (Wildman–Crippen LogP) is 3.75. The van der Waals surface area contributed by atoms with Crippen molar-refractivity contribution in [3.8, 4) is 0 Å². The average Bonchev–Trinajstić information content (AvgIpc) is 2.47. The van der Waals surface area contributed by atoms with Crippen molar-refractivity contribution in [3.05, 3.63) is 29.3 Å². The molecule has 1 atom stereocenters. The topological polar surface area (TPSA) is 38.3 Å². The average molecular weight is 316 g/mol. The molecule has 20 heavy (non-hydrogen) atoms. The van der Waals surface area contributed by atoms with E-state index in [1.165, 1.54) is 12.0 Å². The van der Waals surface area contributed by atoms with Crippen LogP contribution in [0.4, 0.5) is 0 Å². The van der Waals surface area contributed by atoms with Crippen molar-refractivity contribution >= 4 is 29.3 Å². The molecule has 1 rings (SSSR count). The van der Waals surface area contributed by atoms with Crippen LogP contribution in [0.15, 0.2) is 29.2 Å². The minimum Gasteiger partial charge on any atom is -0.468 e. The van der Waals surface area contributed by atoms with Crippen molar-refractivity contribution < 1.29 is 9.53 Å². The van der Waals surface area contributed by atoms with Gasteiger partial charge in [0.2, 0.25) is 0 Å². The highest BCUT2D eigenvalue weighted by Crippen LogP contribution is 2.23. The fourth-order valence-electron chi connectivity index (χ4n) is 1.86. The van der Waals surface area contributed by atoms with E-state index in [4.69, 9.17) is 16.3 Å². The van der Waals surface area contributed by atoms with E-state index in [-0.39, 0.29) is 5.97 Å². The van der Waals surface area contributed by atoms with E-state index >= 15 is 0 Å². The molecule has 1 unspecified atom stereocenters. The summed E-state index contributed by atoms with van der Waals surface area (Å²) in [5.74, 6) is 0.827. The van der Waals surface area contributed by atoms with E-state index < -0.39 is 5.54 Å². The highest BCUT2D eigenvalue weighted by atomic mass is 35.5. The Hall–Kier alpha value is -0.710. The molecule has 112 valence electrons. The van der Waals surface area contributed by atoms with Crippen LogP contribution in [-0.2, 0) is 9.53 Å². The monoisotopic (exact) mass is 315 g/mol. The Labute approximate surface area is 130 Å². The van der Waals surface area contributed by atoms with Crippen molar-refractivity contribution in [1.29, 1.82) is 0 Å². The van der Waals surface area contributed by atoms with E-state index in [2.05, 4.69) is 5.32 Å². The summed E-state index contributed by atoms with van der Waals surface area (Å²) < 4.78 is 4.82. The molecule has 0 heterocycles. The second kappa shape index (κ2) is 8.55. The van der Waals surface area contributed by atoms with Crippen molar-refractivity contribution in [2.45, 2.75) is 36.6 Å². The van der Waals surface area contributed by atoms with Gasteiger partial charge in [0, 0.05) is 9.92 Å². The maximum Gasteiger partial charge on any atom is 0.325 e. The molecule has 1 aromatic carbocycles. The molecule has 1 aromatic rings. The Morgan fingerprint density at radius 1 is 1.35 bits per heavy atom. The highest BCUT2D eigenvalue weighted by molar-refractivity contribution is 7.99. The van der Waals surface area contributed by atoms with Crippen LogP contribution in [0.25, 0.3) is 0 Å². The molecule has 5 heteroatoms. The lowest BCUT2D eigenvalue weighted by Gasteiger charge is -2.25. The van der Waals surface area contributed by atoms with Gasteiger partial charge in [-0.25, -0.2) is 0 Å². The molecule has 1 N–H and O–H groups in total. The molecule has 0 amide bonds. The maximum atomic E-state index is 11.7. The number of nitrogens with one attached hydrogen (secondary N) is 1. The summed E-state index contributed by atoms with van der Waals surface area (Å²) in [4.78, 5) is 12.9. The third kappa shape index (κ3) is 5.35. The first-order valence-electron chi connectivity index (χ1n) is 6.67. The Balaban J connectivity index is 2.27. The number of unbranched alkanes of at least 4 members (excludes halogenated alkanes) is 1. The van der Waals surface area contributed by atoms with Gasteiger partial charge in [-0.1, -0.05) is 18.0 Å². The molecule has 0 spiro atoms. The SMILES string of the molecule is CNC(C)(CCCCSc1ccc(Cl)cc1)C(=O)OC. The molecule has 3 nitrogen and oxygen atoms in total. The molecule has 0 aliphatic rings. The standard InChI is InChI=1S/C15H22ClNO2S/c1-15(17-2,14(18)19-3)10-4-5-11-20-13-8-6-12(16)7-9-13/h6-9,17H,4-5,10-11H2,1-3H3. The van der Waals surface area contributed by atoms with Crippen LogP contribution >= 0.6 is 23.4 Å². The van der Waals surface area contributed by atoms with Crippen LogP contribution in [0, 0.1) is 0 Å². The van der Waals surface area contributed by atoms with Crippen LogP contribution < -0.4 is 5.32 Å². The van der Waals surface area contributed by atoms with Gasteiger partial charge < -0.3 is 10.1 Å². The number of ether oxygens (including phenoxy) is 1. The number of benzene rings is 1. The van der Waals surface area contributed by atoms with Gasteiger partial charge in [-0.05, 0) is 56.8 Å². The molecular weight excluding hydrogens is 294 g/mol. The fraction of sp³-hybridized carbons (Fsp3) is 0.533. The number of halogens is 1. The molecule has 0 saturated heterocycles. The molecule has 0 saturated carbocycles. The molecule has 0 fully saturated rings. The third-order valence-corrected chi connectivity index (χ3v) is 4.69. The smallest absolute Gasteiger partial charge is 0.325 e. The minimum absolute atomic E-state index is 0.203. The Kier molecular flexibility index (Phi) is 7.41. The fourth-order valence-corrected chi connectivity index (χ4v) is 2.89. The van der Waals surface area contributed by atoms with Crippen molar-refractivity contribution in [3.63, 3.8) is 0 Å². The van der Waals surface area contributed by atoms with Gasteiger partial charge in [-0.15, -0.1) is 11.8 Å². The molecular formula is C15H22ClNO2S. The first kappa shape index (κ1) is 17.3. The molecule has 0 bridgehead atoms. The summed E-state index contributed by atoms with van der Waals surface area (Å²) in [6, 6.07) is 7.86. The largest absolute Gasteiger partial charge is 0.468 e. The van der Waals surface area contributed by atoms with Gasteiger partial charge in [0.1, 0.15) is 5.54 Å². The van der Waals surface area contributed by atoms with Gasteiger partial charge in [0.05, 0.1) is 7.11 Å². The zero-order valence-electron chi connectivity index (χ0n) is 12.2. The van der Waals surface area contributed by atoms with Crippen LogP contribution in [0.2, 0.25) is 5.02 Å². The Morgan fingerprint density at radius 3 is 2.55 bits per heavy atom. The summed E-state index contributed by atoms with van der Waals surface area (Å²) in [6.45, 7) is 1.88. The number of carbonyl (C=O) groups is 1. The number of esters is 1. The predicted molar refractivity (Wildman–Crippen MR) is 85.5 cm³/mol. The number of methoxy groups -OCH3 is 1. The third-order valence-electron chi connectivity index (χ3n) is 3.34. The van der Waals surface area contributed by atoms with E-state index in [9.17, 15) is 4.79 Å². The van der Waals surface area contributed by atoms with E-state index in [0.29, 0.717) is 0 Å². The molecule has 0 aliphatic heterocycles. The number of hydrogen-bond donors (Lipinski definition) is 1.